The van der Waals surface area contributed by atoms with Crippen LogP contribution in [0.5, 0.6) is 0 Å². The molecule has 1 aromatic carbocycles. The van der Waals surface area contributed by atoms with Crippen LogP contribution in [-0.2, 0) is 6.54 Å². The highest BCUT2D eigenvalue weighted by molar-refractivity contribution is 5.82. The zero-order valence-electron chi connectivity index (χ0n) is 14.6. The molecule has 0 spiro atoms. The molecule has 3 aromatic rings. The van der Waals surface area contributed by atoms with Crippen molar-refractivity contribution in [2.75, 3.05) is 6.54 Å². The molecule has 0 unspecified atom stereocenters. The molecule has 0 bridgehead atoms. The number of nitrogens with zero attached hydrogens (tertiary/aromatic N) is 3. The Hall–Kier alpha value is -2.20. The summed E-state index contributed by atoms with van der Waals surface area (Å²) in [5.41, 5.74) is 11.0. The predicted octanol–water partition coefficient (Wildman–Crippen LogP) is 4.23. The van der Waals surface area contributed by atoms with Gasteiger partial charge in [0.1, 0.15) is 0 Å². The average Bonchev–Trinajstić information content (AvgIpc) is 2.88. The van der Waals surface area contributed by atoms with Crippen LogP contribution in [0.15, 0.2) is 36.4 Å². The van der Waals surface area contributed by atoms with Crippen LogP contribution in [0, 0.1) is 13.8 Å². The van der Waals surface area contributed by atoms with E-state index in [4.69, 9.17) is 15.8 Å². The molecule has 2 heterocycles. The van der Waals surface area contributed by atoms with E-state index < -0.39 is 0 Å². The third-order valence-electron chi connectivity index (χ3n) is 4.56. The van der Waals surface area contributed by atoms with Gasteiger partial charge in [0.2, 0.25) is 0 Å². The first-order valence-electron chi connectivity index (χ1n) is 8.81. The van der Waals surface area contributed by atoms with Gasteiger partial charge in [-0.05, 0) is 45.4 Å². The highest BCUT2D eigenvalue weighted by atomic mass is 15.3. The second-order valence-corrected chi connectivity index (χ2v) is 6.36. The molecule has 126 valence electrons. The highest BCUT2D eigenvalue weighted by Crippen LogP contribution is 2.27. The summed E-state index contributed by atoms with van der Waals surface area (Å²) >= 11 is 0. The van der Waals surface area contributed by atoms with E-state index in [-0.39, 0.29) is 0 Å². The molecule has 3 rings (SSSR count). The maximum absolute atomic E-state index is 5.55. The maximum atomic E-state index is 5.55. The molecule has 4 nitrogen and oxygen atoms in total. The number of hydrogen-bond acceptors (Lipinski definition) is 3. The zero-order valence-corrected chi connectivity index (χ0v) is 14.6. The molecule has 0 aliphatic heterocycles. The van der Waals surface area contributed by atoms with E-state index in [9.17, 15) is 0 Å². The molecular weight excluding hydrogens is 296 g/mol. The van der Waals surface area contributed by atoms with Crippen LogP contribution in [0.25, 0.3) is 22.2 Å². The monoisotopic (exact) mass is 322 g/mol. The van der Waals surface area contributed by atoms with Crippen molar-refractivity contribution in [3.63, 3.8) is 0 Å². The van der Waals surface area contributed by atoms with Crippen LogP contribution in [0.3, 0.4) is 0 Å². The first-order chi connectivity index (χ1) is 11.7. The van der Waals surface area contributed by atoms with Gasteiger partial charge in [-0.3, -0.25) is 4.68 Å². The number of fused-ring (bicyclic) bond motifs is 1. The van der Waals surface area contributed by atoms with Gasteiger partial charge < -0.3 is 5.73 Å². The summed E-state index contributed by atoms with van der Waals surface area (Å²) in [6.07, 6.45) is 4.67. The summed E-state index contributed by atoms with van der Waals surface area (Å²) in [7, 11) is 0. The van der Waals surface area contributed by atoms with E-state index in [1.807, 2.05) is 12.1 Å². The quantitative estimate of drug-likeness (QED) is 0.662. The number of hydrogen-bond donors (Lipinski definition) is 1. The molecule has 0 saturated carbocycles. The summed E-state index contributed by atoms with van der Waals surface area (Å²) in [6.45, 7) is 5.97. The van der Waals surface area contributed by atoms with E-state index in [2.05, 4.69) is 42.8 Å². The van der Waals surface area contributed by atoms with Crippen LogP contribution in [0.2, 0.25) is 0 Å². The smallest absolute Gasteiger partial charge is 0.0746 e. The normalized spacial score (nSPS) is 11.3. The molecule has 2 N–H and O–H groups in total. The number of aromatic nitrogens is 3. The van der Waals surface area contributed by atoms with E-state index in [1.165, 1.54) is 29.5 Å². The standard InChI is InChI=1S/C20H26N4/c1-15-20(16(2)24(23-15)14-8-4-3-7-13-21)19-12-11-17-9-5-6-10-18(17)22-19/h5-6,9-12H,3-4,7-8,13-14,21H2,1-2H3. The number of unbranched alkanes of at least 4 members (excludes halogenated alkanes) is 3. The van der Waals surface area contributed by atoms with Gasteiger partial charge in [-0.25, -0.2) is 4.98 Å². The largest absolute Gasteiger partial charge is 0.330 e. The van der Waals surface area contributed by atoms with Gasteiger partial charge in [0.15, 0.2) is 0 Å². The van der Waals surface area contributed by atoms with Gasteiger partial charge in [0.05, 0.1) is 16.9 Å². The number of nitrogens with two attached hydrogens (primary N) is 1. The molecule has 2 aromatic heterocycles. The number of aryl methyl sites for hydroxylation is 2. The van der Waals surface area contributed by atoms with Crippen LogP contribution < -0.4 is 5.73 Å². The minimum atomic E-state index is 0.789. The summed E-state index contributed by atoms with van der Waals surface area (Å²) in [6, 6.07) is 12.5. The van der Waals surface area contributed by atoms with Crippen LogP contribution in [0.4, 0.5) is 0 Å². The van der Waals surface area contributed by atoms with Crippen molar-refractivity contribution in [3.05, 3.63) is 47.8 Å². The second-order valence-electron chi connectivity index (χ2n) is 6.36. The first kappa shape index (κ1) is 16.7. The molecule has 0 atom stereocenters. The number of pyridine rings is 1. The fourth-order valence-corrected chi connectivity index (χ4v) is 3.25. The summed E-state index contributed by atoms with van der Waals surface area (Å²) in [5.74, 6) is 0. The van der Waals surface area contributed by atoms with Crippen molar-refractivity contribution in [1.82, 2.24) is 14.8 Å². The highest BCUT2D eigenvalue weighted by Gasteiger charge is 2.14. The van der Waals surface area contributed by atoms with Crippen molar-refractivity contribution in [2.24, 2.45) is 5.73 Å². The Morgan fingerprint density at radius 3 is 2.58 bits per heavy atom. The van der Waals surface area contributed by atoms with Crippen molar-refractivity contribution in [2.45, 2.75) is 46.1 Å². The third-order valence-corrected chi connectivity index (χ3v) is 4.56. The van der Waals surface area contributed by atoms with Gasteiger partial charge in [-0.2, -0.15) is 5.10 Å². The van der Waals surface area contributed by atoms with Crippen LogP contribution in [0.1, 0.15) is 37.1 Å². The van der Waals surface area contributed by atoms with Gasteiger partial charge in [0, 0.05) is 23.2 Å². The average molecular weight is 322 g/mol. The fraction of sp³-hybridized carbons (Fsp3) is 0.400. The molecule has 0 radical (unpaired) electrons. The van der Waals surface area contributed by atoms with Crippen molar-refractivity contribution < 1.29 is 0 Å². The predicted molar refractivity (Wildman–Crippen MR) is 100.0 cm³/mol. The third kappa shape index (κ3) is 3.49. The number of para-hydroxylation sites is 1. The Kier molecular flexibility index (Phi) is 5.26. The lowest BCUT2D eigenvalue weighted by molar-refractivity contribution is 0.526. The Bertz CT molecular complexity index is 820. The topological polar surface area (TPSA) is 56.7 Å². The van der Waals surface area contributed by atoms with E-state index in [1.54, 1.807) is 0 Å². The lowest BCUT2D eigenvalue weighted by Gasteiger charge is -2.06. The Morgan fingerprint density at radius 1 is 0.958 bits per heavy atom. The van der Waals surface area contributed by atoms with E-state index in [0.717, 1.165) is 42.8 Å². The molecule has 0 aliphatic rings. The Morgan fingerprint density at radius 2 is 1.75 bits per heavy atom. The van der Waals surface area contributed by atoms with E-state index in [0.29, 0.717) is 0 Å². The molecular formula is C20H26N4. The SMILES string of the molecule is Cc1nn(CCCCCCN)c(C)c1-c1ccc2ccccc2n1. The maximum Gasteiger partial charge on any atom is 0.0746 e. The number of benzene rings is 1. The zero-order chi connectivity index (χ0) is 16.9. The molecule has 0 fully saturated rings. The van der Waals surface area contributed by atoms with Gasteiger partial charge >= 0.3 is 0 Å². The Labute approximate surface area is 143 Å². The molecule has 0 amide bonds. The van der Waals surface area contributed by atoms with Crippen molar-refractivity contribution in [3.8, 4) is 11.3 Å². The van der Waals surface area contributed by atoms with Crippen molar-refractivity contribution in [1.29, 1.82) is 0 Å². The van der Waals surface area contributed by atoms with Gasteiger partial charge in [-0.1, -0.05) is 37.1 Å². The molecule has 0 saturated heterocycles. The van der Waals surface area contributed by atoms with Gasteiger partial charge in [-0.15, -0.1) is 0 Å². The molecule has 24 heavy (non-hydrogen) atoms. The minimum Gasteiger partial charge on any atom is -0.330 e. The minimum absolute atomic E-state index is 0.789. The lowest BCUT2D eigenvalue weighted by Crippen LogP contribution is -2.03. The molecule has 0 aliphatic carbocycles. The summed E-state index contributed by atoms with van der Waals surface area (Å²) < 4.78 is 2.13. The van der Waals surface area contributed by atoms with E-state index >= 15 is 0 Å². The van der Waals surface area contributed by atoms with Crippen molar-refractivity contribution >= 4 is 10.9 Å². The van der Waals surface area contributed by atoms with Gasteiger partial charge in [0.25, 0.3) is 0 Å². The summed E-state index contributed by atoms with van der Waals surface area (Å²) in [4.78, 5) is 4.83. The lowest BCUT2D eigenvalue weighted by atomic mass is 10.1. The summed E-state index contributed by atoms with van der Waals surface area (Å²) in [5, 5.41) is 5.91. The number of rotatable bonds is 7. The van der Waals surface area contributed by atoms with Crippen LogP contribution in [-0.4, -0.2) is 21.3 Å². The first-order valence-corrected chi connectivity index (χ1v) is 8.81. The molecule has 4 heteroatoms. The second kappa shape index (κ2) is 7.58. The fourth-order valence-electron chi connectivity index (χ4n) is 3.25. The Balaban J connectivity index is 1.82. The van der Waals surface area contributed by atoms with Crippen LogP contribution >= 0.6 is 0 Å².